The molecular formula is C23H29N3O3. The number of hydrogen-bond acceptors (Lipinski definition) is 4. The number of nitrogens with one attached hydrogen (secondary N) is 2. The van der Waals surface area contributed by atoms with Crippen LogP contribution >= 0.6 is 0 Å². The summed E-state index contributed by atoms with van der Waals surface area (Å²) in [4.78, 5) is 24.9. The summed E-state index contributed by atoms with van der Waals surface area (Å²) in [6.45, 7) is 0.547. The van der Waals surface area contributed by atoms with E-state index in [1.54, 1.807) is 55.6 Å². The molecule has 1 aliphatic carbocycles. The molecule has 1 saturated carbocycles. The predicted octanol–water partition coefficient (Wildman–Crippen LogP) is 4.19. The molecule has 2 aromatic carbocycles. The fourth-order valence-electron chi connectivity index (χ4n) is 3.88. The van der Waals surface area contributed by atoms with Crippen LogP contribution in [0.3, 0.4) is 0 Å². The van der Waals surface area contributed by atoms with E-state index in [2.05, 4.69) is 10.6 Å². The Morgan fingerprint density at radius 3 is 2.10 bits per heavy atom. The first-order valence-corrected chi connectivity index (χ1v) is 10.1. The lowest BCUT2D eigenvalue weighted by Crippen LogP contribution is -2.36. The van der Waals surface area contributed by atoms with Gasteiger partial charge in [0.05, 0.1) is 7.11 Å². The molecule has 29 heavy (non-hydrogen) atoms. The third-order valence-corrected chi connectivity index (χ3v) is 5.66. The van der Waals surface area contributed by atoms with Crippen molar-refractivity contribution >= 4 is 23.2 Å². The van der Waals surface area contributed by atoms with Crippen LogP contribution in [0.25, 0.3) is 0 Å². The van der Waals surface area contributed by atoms with Gasteiger partial charge in [-0.2, -0.15) is 0 Å². The molecule has 3 rings (SSSR count). The van der Waals surface area contributed by atoms with Crippen molar-refractivity contribution in [3.63, 3.8) is 0 Å². The molecule has 0 spiro atoms. The summed E-state index contributed by atoms with van der Waals surface area (Å²) in [6.07, 6.45) is 5.99. The first kappa shape index (κ1) is 20.9. The molecule has 0 saturated heterocycles. The maximum atomic E-state index is 12.5. The molecule has 2 aromatic rings. The second kappa shape index (κ2) is 9.56. The lowest BCUT2D eigenvalue weighted by molar-refractivity contribution is -0.118. The number of benzene rings is 2. The quantitative estimate of drug-likeness (QED) is 0.655. The Morgan fingerprint density at radius 2 is 1.52 bits per heavy atom. The Kier molecular flexibility index (Phi) is 6.88. The summed E-state index contributed by atoms with van der Waals surface area (Å²) in [5, 5.41) is 5.78. The minimum Gasteiger partial charge on any atom is -0.497 e. The second-order valence-corrected chi connectivity index (χ2v) is 7.75. The minimum atomic E-state index is -0.211. The number of nitrogens with two attached hydrogens (primary N) is 1. The summed E-state index contributed by atoms with van der Waals surface area (Å²) in [6, 6.07) is 14.0. The zero-order chi connectivity index (χ0) is 20.7. The van der Waals surface area contributed by atoms with E-state index in [9.17, 15) is 9.59 Å². The maximum Gasteiger partial charge on any atom is 0.255 e. The van der Waals surface area contributed by atoms with Crippen molar-refractivity contribution in [3.8, 4) is 5.75 Å². The van der Waals surface area contributed by atoms with E-state index >= 15 is 0 Å². The van der Waals surface area contributed by atoms with Crippen molar-refractivity contribution < 1.29 is 14.3 Å². The molecule has 154 valence electrons. The Bertz CT molecular complexity index is 825. The minimum absolute atomic E-state index is 0.0206. The topological polar surface area (TPSA) is 93.5 Å². The van der Waals surface area contributed by atoms with Crippen molar-refractivity contribution in [2.75, 3.05) is 24.3 Å². The summed E-state index contributed by atoms with van der Waals surface area (Å²) < 4.78 is 5.11. The first-order chi connectivity index (χ1) is 14.0. The SMILES string of the molecule is COc1ccc(NC(=O)c2ccc(NC(=O)CC3(CN)CCCCC3)cc2)cc1. The van der Waals surface area contributed by atoms with Gasteiger partial charge in [-0.05, 0) is 73.3 Å². The van der Waals surface area contributed by atoms with Crippen molar-refractivity contribution in [1.29, 1.82) is 0 Å². The molecule has 6 nitrogen and oxygen atoms in total. The number of amides is 2. The van der Waals surface area contributed by atoms with E-state index < -0.39 is 0 Å². The van der Waals surface area contributed by atoms with Gasteiger partial charge in [-0.1, -0.05) is 19.3 Å². The highest BCUT2D eigenvalue weighted by Gasteiger charge is 2.32. The number of hydrogen-bond donors (Lipinski definition) is 3. The summed E-state index contributed by atoms with van der Waals surface area (Å²) >= 11 is 0. The van der Waals surface area contributed by atoms with E-state index in [1.165, 1.54) is 6.42 Å². The van der Waals surface area contributed by atoms with Crippen molar-refractivity contribution in [3.05, 3.63) is 54.1 Å². The van der Waals surface area contributed by atoms with E-state index in [-0.39, 0.29) is 17.2 Å². The number of carbonyl (C=O) groups is 2. The van der Waals surface area contributed by atoms with Gasteiger partial charge in [-0.25, -0.2) is 0 Å². The predicted molar refractivity (Wildman–Crippen MR) is 115 cm³/mol. The highest BCUT2D eigenvalue weighted by Crippen LogP contribution is 2.38. The second-order valence-electron chi connectivity index (χ2n) is 7.75. The Morgan fingerprint density at radius 1 is 0.931 bits per heavy atom. The lowest BCUT2D eigenvalue weighted by atomic mass is 9.71. The molecule has 4 N–H and O–H groups in total. The molecule has 0 bridgehead atoms. The van der Waals surface area contributed by atoms with Crippen LogP contribution in [0.2, 0.25) is 0 Å². The fourth-order valence-corrected chi connectivity index (χ4v) is 3.88. The van der Waals surface area contributed by atoms with Crippen LogP contribution < -0.4 is 21.1 Å². The lowest BCUT2D eigenvalue weighted by Gasteiger charge is -2.35. The Labute approximate surface area is 171 Å². The smallest absolute Gasteiger partial charge is 0.255 e. The van der Waals surface area contributed by atoms with Crippen LogP contribution in [0, 0.1) is 5.41 Å². The molecule has 0 radical (unpaired) electrons. The van der Waals surface area contributed by atoms with Gasteiger partial charge in [0.15, 0.2) is 0 Å². The van der Waals surface area contributed by atoms with Gasteiger partial charge >= 0.3 is 0 Å². The van der Waals surface area contributed by atoms with Crippen LogP contribution in [0.1, 0.15) is 48.9 Å². The van der Waals surface area contributed by atoms with Gasteiger partial charge in [0.1, 0.15) is 5.75 Å². The van der Waals surface area contributed by atoms with Gasteiger partial charge in [-0.3, -0.25) is 9.59 Å². The number of anilines is 2. The summed E-state index contributed by atoms with van der Waals surface area (Å²) in [5.74, 6) is 0.498. The molecule has 6 heteroatoms. The summed E-state index contributed by atoms with van der Waals surface area (Å²) in [5.41, 5.74) is 7.80. The third-order valence-electron chi connectivity index (χ3n) is 5.66. The molecule has 0 unspecified atom stereocenters. The highest BCUT2D eigenvalue weighted by atomic mass is 16.5. The van der Waals surface area contributed by atoms with E-state index in [1.807, 2.05) is 0 Å². The average molecular weight is 396 g/mol. The van der Waals surface area contributed by atoms with Crippen LogP contribution in [-0.4, -0.2) is 25.5 Å². The summed E-state index contributed by atoms with van der Waals surface area (Å²) in [7, 11) is 1.60. The van der Waals surface area contributed by atoms with Crippen LogP contribution in [-0.2, 0) is 4.79 Å². The monoisotopic (exact) mass is 395 g/mol. The molecule has 0 atom stereocenters. The first-order valence-electron chi connectivity index (χ1n) is 10.1. The van der Waals surface area contributed by atoms with E-state index in [0.29, 0.717) is 29.9 Å². The molecule has 0 aliphatic heterocycles. The number of rotatable bonds is 7. The number of methoxy groups -OCH3 is 1. The standard InChI is InChI=1S/C23H29N3O3/c1-29-20-11-9-19(10-12-20)26-22(28)17-5-7-18(8-6-17)25-21(27)15-23(16-24)13-3-2-4-14-23/h5-12H,2-4,13-16,24H2,1H3,(H,25,27)(H,26,28). The fraction of sp³-hybridized carbons (Fsp3) is 0.391. The van der Waals surface area contributed by atoms with Crippen molar-refractivity contribution in [2.24, 2.45) is 11.1 Å². The molecule has 1 fully saturated rings. The van der Waals surface area contributed by atoms with E-state index in [4.69, 9.17) is 10.5 Å². The van der Waals surface area contributed by atoms with Gasteiger partial charge in [0, 0.05) is 23.4 Å². The Hall–Kier alpha value is -2.86. The normalized spacial score (nSPS) is 15.4. The average Bonchev–Trinajstić information content (AvgIpc) is 2.75. The van der Waals surface area contributed by atoms with Gasteiger partial charge in [-0.15, -0.1) is 0 Å². The van der Waals surface area contributed by atoms with Crippen molar-refractivity contribution in [1.82, 2.24) is 0 Å². The third kappa shape index (κ3) is 5.57. The zero-order valence-electron chi connectivity index (χ0n) is 16.9. The van der Waals surface area contributed by atoms with Gasteiger partial charge in [0.2, 0.25) is 5.91 Å². The molecule has 0 heterocycles. The van der Waals surface area contributed by atoms with Gasteiger partial charge in [0.25, 0.3) is 5.91 Å². The zero-order valence-corrected chi connectivity index (χ0v) is 16.9. The molecule has 2 amide bonds. The maximum absolute atomic E-state index is 12.5. The number of carbonyl (C=O) groups excluding carboxylic acids is 2. The molecule has 1 aliphatic rings. The highest BCUT2D eigenvalue weighted by molar-refractivity contribution is 6.04. The Balaban J connectivity index is 1.56. The number of ether oxygens (including phenoxy) is 1. The van der Waals surface area contributed by atoms with Crippen LogP contribution in [0.15, 0.2) is 48.5 Å². The van der Waals surface area contributed by atoms with Crippen LogP contribution in [0.5, 0.6) is 5.75 Å². The van der Waals surface area contributed by atoms with Gasteiger partial charge < -0.3 is 21.1 Å². The molecule has 0 aromatic heterocycles. The van der Waals surface area contributed by atoms with E-state index in [0.717, 1.165) is 31.4 Å². The molecular weight excluding hydrogens is 366 g/mol. The van der Waals surface area contributed by atoms with Crippen LogP contribution in [0.4, 0.5) is 11.4 Å². The van der Waals surface area contributed by atoms with Crippen molar-refractivity contribution in [2.45, 2.75) is 38.5 Å². The largest absolute Gasteiger partial charge is 0.497 e.